The molecule has 0 aromatic carbocycles. The molecule has 0 fully saturated rings. The van der Waals surface area contributed by atoms with Crippen molar-refractivity contribution in [2.45, 2.75) is 52.5 Å². The SMILES string of the molecule is CCCNC(Cc1nc(C)cs1)c1snnc1C(C)C. The smallest absolute Gasteiger partial charge is 0.0947 e. The van der Waals surface area contributed by atoms with Gasteiger partial charge in [0.15, 0.2) is 0 Å². The molecule has 0 radical (unpaired) electrons. The number of aryl methyl sites for hydroxylation is 1. The lowest BCUT2D eigenvalue weighted by Crippen LogP contribution is -2.24. The average molecular weight is 310 g/mol. The van der Waals surface area contributed by atoms with E-state index in [1.54, 1.807) is 11.3 Å². The summed E-state index contributed by atoms with van der Waals surface area (Å²) in [6.45, 7) is 9.58. The Bertz CT molecular complexity index is 533. The summed E-state index contributed by atoms with van der Waals surface area (Å²) >= 11 is 3.25. The molecule has 20 heavy (non-hydrogen) atoms. The molecule has 0 aliphatic rings. The first-order chi connectivity index (χ1) is 9.61. The molecule has 1 unspecified atom stereocenters. The Balaban J connectivity index is 2.20. The highest BCUT2D eigenvalue weighted by Crippen LogP contribution is 2.29. The summed E-state index contributed by atoms with van der Waals surface area (Å²) < 4.78 is 4.15. The van der Waals surface area contributed by atoms with Crippen molar-refractivity contribution >= 4 is 22.9 Å². The second-order valence-corrected chi connectivity index (χ2v) is 7.00. The molecule has 0 saturated carbocycles. The molecular formula is C14H22N4S2. The molecule has 1 atom stereocenters. The van der Waals surface area contributed by atoms with Crippen LogP contribution in [0.1, 0.15) is 60.4 Å². The van der Waals surface area contributed by atoms with Crippen molar-refractivity contribution in [3.05, 3.63) is 26.7 Å². The lowest BCUT2D eigenvalue weighted by Gasteiger charge is -2.17. The topological polar surface area (TPSA) is 50.7 Å². The first-order valence-electron chi connectivity index (χ1n) is 7.08. The van der Waals surface area contributed by atoms with Crippen molar-refractivity contribution in [3.8, 4) is 0 Å². The second-order valence-electron chi connectivity index (χ2n) is 5.27. The fourth-order valence-corrected chi connectivity index (χ4v) is 3.79. The van der Waals surface area contributed by atoms with Crippen LogP contribution in [0.4, 0.5) is 0 Å². The fourth-order valence-electron chi connectivity index (χ4n) is 2.09. The summed E-state index contributed by atoms with van der Waals surface area (Å²) in [5.41, 5.74) is 2.22. The molecule has 6 heteroatoms. The largest absolute Gasteiger partial charge is 0.309 e. The third-order valence-corrected chi connectivity index (χ3v) is 4.93. The maximum atomic E-state index is 4.59. The van der Waals surface area contributed by atoms with Gasteiger partial charge in [0.2, 0.25) is 0 Å². The Morgan fingerprint density at radius 1 is 1.35 bits per heavy atom. The highest BCUT2D eigenvalue weighted by Gasteiger charge is 2.22. The number of thiazole rings is 1. The number of rotatable bonds is 7. The normalized spacial score (nSPS) is 13.1. The summed E-state index contributed by atoms with van der Waals surface area (Å²) in [7, 11) is 0. The summed E-state index contributed by atoms with van der Waals surface area (Å²) in [6.07, 6.45) is 2.04. The minimum absolute atomic E-state index is 0.276. The van der Waals surface area contributed by atoms with Gasteiger partial charge >= 0.3 is 0 Å². The van der Waals surface area contributed by atoms with E-state index in [-0.39, 0.29) is 6.04 Å². The van der Waals surface area contributed by atoms with Gasteiger partial charge in [0.25, 0.3) is 0 Å². The molecule has 0 aliphatic carbocycles. The highest BCUT2D eigenvalue weighted by atomic mass is 32.1. The molecule has 2 aromatic heterocycles. The van der Waals surface area contributed by atoms with Crippen molar-refractivity contribution < 1.29 is 0 Å². The Morgan fingerprint density at radius 2 is 2.15 bits per heavy atom. The van der Waals surface area contributed by atoms with E-state index in [0.717, 1.165) is 30.8 Å². The summed E-state index contributed by atoms with van der Waals surface area (Å²) in [5, 5.41) is 11.2. The van der Waals surface area contributed by atoms with Gasteiger partial charge in [-0.05, 0) is 37.3 Å². The van der Waals surface area contributed by atoms with Gasteiger partial charge < -0.3 is 5.32 Å². The van der Waals surface area contributed by atoms with Crippen LogP contribution in [0.25, 0.3) is 0 Å². The molecule has 2 rings (SSSR count). The van der Waals surface area contributed by atoms with Crippen molar-refractivity contribution in [2.75, 3.05) is 6.54 Å². The lowest BCUT2D eigenvalue weighted by molar-refractivity contribution is 0.528. The minimum atomic E-state index is 0.276. The van der Waals surface area contributed by atoms with Gasteiger partial charge in [-0.3, -0.25) is 0 Å². The Labute approximate surface area is 128 Å². The molecule has 2 heterocycles. The highest BCUT2D eigenvalue weighted by molar-refractivity contribution is 7.09. The molecule has 0 aliphatic heterocycles. The van der Waals surface area contributed by atoms with Crippen molar-refractivity contribution in [1.82, 2.24) is 19.9 Å². The fraction of sp³-hybridized carbons (Fsp3) is 0.643. The summed E-state index contributed by atoms with van der Waals surface area (Å²) in [5.74, 6) is 0.410. The summed E-state index contributed by atoms with van der Waals surface area (Å²) in [4.78, 5) is 5.85. The van der Waals surface area contributed by atoms with Crippen LogP contribution in [-0.2, 0) is 6.42 Å². The number of nitrogens with zero attached hydrogens (tertiary/aromatic N) is 3. The molecule has 110 valence electrons. The van der Waals surface area contributed by atoms with Crippen molar-refractivity contribution in [1.29, 1.82) is 0 Å². The van der Waals surface area contributed by atoms with Crippen LogP contribution in [0.15, 0.2) is 5.38 Å². The predicted molar refractivity (Wildman–Crippen MR) is 85.6 cm³/mol. The minimum Gasteiger partial charge on any atom is -0.309 e. The molecule has 0 bridgehead atoms. The molecule has 4 nitrogen and oxygen atoms in total. The van der Waals surface area contributed by atoms with Gasteiger partial charge in [0.1, 0.15) is 0 Å². The average Bonchev–Trinajstić information content (AvgIpc) is 3.03. The first kappa shape index (κ1) is 15.5. The third-order valence-electron chi connectivity index (χ3n) is 3.09. The zero-order valence-corrected chi connectivity index (χ0v) is 14.1. The molecule has 0 spiro atoms. The van der Waals surface area contributed by atoms with E-state index in [4.69, 9.17) is 0 Å². The zero-order chi connectivity index (χ0) is 14.5. The van der Waals surface area contributed by atoms with Crippen LogP contribution in [0, 0.1) is 6.92 Å². The van der Waals surface area contributed by atoms with Crippen LogP contribution in [0.5, 0.6) is 0 Å². The van der Waals surface area contributed by atoms with E-state index in [1.165, 1.54) is 21.4 Å². The Morgan fingerprint density at radius 3 is 2.75 bits per heavy atom. The van der Waals surface area contributed by atoms with Gasteiger partial charge in [-0.25, -0.2) is 4.98 Å². The number of hydrogen-bond donors (Lipinski definition) is 1. The number of aromatic nitrogens is 3. The molecular weight excluding hydrogens is 288 g/mol. The van der Waals surface area contributed by atoms with Crippen molar-refractivity contribution in [2.24, 2.45) is 0 Å². The third kappa shape index (κ3) is 3.84. The van der Waals surface area contributed by atoms with Crippen molar-refractivity contribution in [3.63, 3.8) is 0 Å². The molecule has 0 saturated heterocycles. The van der Waals surface area contributed by atoms with Crippen LogP contribution in [0.3, 0.4) is 0 Å². The van der Waals surface area contributed by atoms with Crippen LogP contribution < -0.4 is 5.32 Å². The van der Waals surface area contributed by atoms with Crippen LogP contribution in [0.2, 0.25) is 0 Å². The quantitative estimate of drug-likeness (QED) is 0.847. The Hall–Kier alpha value is -0.850. The molecule has 1 N–H and O–H groups in total. The van der Waals surface area contributed by atoms with E-state index in [9.17, 15) is 0 Å². The van der Waals surface area contributed by atoms with Gasteiger partial charge in [-0.2, -0.15) is 0 Å². The standard InChI is InChI=1S/C14H22N4S2/c1-5-6-15-11(7-12-16-10(4)8-19-12)14-13(9(2)3)17-18-20-14/h8-9,11,15H,5-7H2,1-4H3. The van der Waals surface area contributed by atoms with Gasteiger partial charge in [-0.1, -0.05) is 25.3 Å². The zero-order valence-electron chi connectivity index (χ0n) is 12.5. The molecule has 2 aromatic rings. The maximum absolute atomic E-state index is 4.59. The second kappa shape index (κ2) is 7.24. The van der Waals surface area contributed by atoms with E-state index in [0.29, 0.717) is 5.92 Å². The maximum Gasteiger partial charge on any atom is 0.0947 e. The van der Waals surface area contributed by atoms with Gasteiger partial charge in [0.05, 0.1) is 21.6 Å². The van der Waals surface area contributed by atoms with Crippen LogP contribution in [-0.4, -0.2) is 21.1 Å². The van der Waals surface area contributed by atoms with Gasteiger partial charge in [0, 0.05) is 17.5 Å². The van der Waals surface area contributed by atoms with E-state index in [2.05, 4.69) is 46.0 Å². The first-order valence-corrected chi connectivity index (χ1v) is 8.73. The van der Waals surface area contributed by atoms with Gasteiger partial charge in [-0.15, -0.1) is 16.4 Å². The lowest BCUT2D eigenvalue weighted by atomic mass is 10.0. The number of nitrogens with one attached hydrogen (secondary N) is 1. The van der Waals surface area contributed by atoms with E-state index >= 15 is 0 Å². The number of hydrogen-bond acceptors (Lipinski definition) is 6. The van der Waals surface area contributed by atoms with Crippen LogP contribution >= 0.6 is 22.9 Å². The monoisotopic (exact) mass is 310 g/mol. The molecule has 0 amide bonds. The Kier molecular flexibility index (Phi) is 5.63. The van der Waals surface area contributed by atoms with E-state index in [1.807, 2.05) is 6.92 Å². The van der Waals surface area contributed by atoms with E-state index < -0.39 is 0 Å². The predicted octanol–water partition coefficient (Wildman–Crippen LogP) is 3.71. The summed E-state index contributed by atoms with van der Waals surface area (Å²) in [6, 6.07) is 0.276.